The van der Waals surface area contributed by atoms with Crippen molar-refractivity contribution < 1.29 is 24.9 Å². The van der Waals surface area contributed by atoms with Crippen LogP contribution in [0.3, 0.4) is 0 Å². The second-order valence-corrected chi connectivity index (χ2v) is 1.68. The monoisotopic (exact) mass is 174 g/mol. The maximum atomic E-state index is 9.94. The molecular formula is C7H10O5. The van der Waals surface area contributed by atoms with Crippen molar-refractivity contribution in [3.63, 3.8) is 0 Å². The van der Waals surface area contributed by atoms with E-state index in [1.54, 1.807) is 0 Å². The van der Waals surface area contributed by atoms with Crippen molar-refractivity contribution in [2.45, 2.75) is 6.42 Å². The number of rotatable bonds is 3. The van der Waals surface area contributed by atoms with E-state index in [4.69, 9.17) is 20.1 Å². The van der Waals surface area contributed by atoms with Crippen molar-refractivity contribution in [3.8, 4) is 0 Å². The van der Waals surface area contributed by atoms with Gasteiger partial charge in [0.05, 0.1) is 0 Å². The van der Waals surface area contributed by atoms with Gasteiger partial charge in [0.1, 0.15) is 0 Å². The predicted octanol–water partition coefficient (Wildman–Crippen LogP) is 1.43. The summed E-state index contributed by atoms with van der Waals surface area (Å²) < 4.78 is 0. The standard InChI is InChI=1S/C6H8O2.CH2O3/c1-3-4-5(2)6(7)8;2-1(3)4/h3H,1-2,4H2,(H,7,8);(H2,2,3,4). The Morgan fingerprint density at radius 3 is 1.67 bits per heavy atom. The SMILES string of the molecule is C=CCC(=C)C(=O)O.O=C(O)O. The molecule has 5 heteroatoms. The fourth-order valence-electron chi connectivity index (χ4n) is 0.262. The summed E-state index contributed by atoms with van der Waals surface area (Å²) in [5.41, 5.74) is 0.181. The van der Waals surface area contributed by atoms with E-state index in [2.05, 4.69) is 13.2 Å². The molecule has 0 unspecified atom stereocenters. The minimum atomic E-state index is -1.83. The summed E-state index contributed by atoms with van der Waals surface area (Å²) in [5.74, 6) is -0.954. The minimum Gasteiger partial charge on any atom is -0.478 e. The van der Waals surface area contributed by atoms with Gasteiger partial charge in [-0.25, -0.2) is 9.59 Å². The zero-order valence-corrected chi connectivity index (χ0v) is 6.36. The maximum Gasteiger partial charge on any atom is 0.503 e. The molecular weight excluding hydrogens is 164 g/mol. The van der Waals surface area contributed by atoms with E-state index in [9.17, 15) is 4.79 Å². The Kier molecular flexibility index (Phi) is 7.85. The molecule has 0 fully saturated rings. The van der Waals surface area contributed by atoms with Gasteiger partial charge in [-0.05, 0) is 6.42 Å². The van der Waals surface area contributed by atoms with E-state index >= 15 is 0 Å². The molecule has 0 saturated heterocycles. The molecule has 0 aliphatic heterocycles. The van der Waals surface area contributed by atoms with Crippen LogP contribution in [0.15, 0.2) is 24.8 Å². The molecule has 0 amide bonds. The van der Waals surface area contributed by atoms with Gasteiger partial charge in [0.15, 0.2) is 0 Å². The topological polar surface area (TPSA) is 94.8 Å². The molecule has 0 atom stereocenters. The Morgan fingerprint density at radius 2 is 1.58 bits per heavy atom. The van der Waals surface area contributed by atoms with Crippen LogP contribution in [0.4, 0.5) is 4.79 Å². The van der Waals surface area contributed by atoms with E-state index in [1.807, 2.05) is 0 Å². The molecule has 5 nitrogen and oxygen atoms in total. The van der Waals surface area contributed by atoms with E-state index in [-0.39, 0.29) is 5.57 Å². The second-order valence-electron chi connectivity index (χ2n) is 1.68. The van der Waals surface area contributed by atoms with Crippen LogP contribution in [0.2, 0.25) is 0 Å². The number of carbonyl (C=O) groups is 2. The number of hydrogen-bond acceptors (Lipinski definition) is 2. The largest absolute Gasteiger partial charge is 0.503 e. The van der Waals surface area contributed by atoms with Gasteiger partial charge in [-0.2, -0.15) is 0 Å². The molecule has 12 heavy (non-hydrogen) atoms. The first-order valence-corrected chi connectivity index (χ1v) is 2.85. The third kappa shape index (κ3) is 15.7. The van der Waals surface area contributed by atoms with Crippen molar-refractivity contribution in [3.05, 3.63) is 24.8 Å². The zero-order chi connectivity index (χ0) is 10.1. The highest BCUT2D eigenvalue weighted by Gasteiger charge is 1.97. The smallest absolute Gasteiger partial charge is 0.478 e. The molecule has 0 aromatic heterocycles. The molecule has 0 aliphatic rings. The zero-order valence-electron chi connectivity index (χ0n) is 6.36. The number of hydrogen-bond donors (Lipinski definition) is 3. The Labute approximate surface area is 69.3 Å². The molecule has 0 aromatic carbocycles. The van der Waals surface area contributed by atoms with E-state index in [0.29, 0.717) is 6.42 Å². The van der Waals surface area contributed by atoms with Crippen molar-refractivity contribution >= 4 is 12.1 Å². The van der Waals surface area contributed by atoms with Crippen LogP contribution in [-0.2, 0) is 4.79 Å². The molecule has 0 heterocycles. The van der Waals surface area contributed by atoms with Crippen molar-refractivity contribution in [2.75, 3.05) is 0 Å². The van der Waals surface area contributed by atoms with E-state index in [1.165, 1.54) is 6.08 Å². The van der Waals surface area contributed by atoms with Crippen molar-refractivity contribution in [1.82, 2.24) is 0 Å². The summed E-state index contributed by atoms with van der Waals surface area (Å²) in [6.07, 6.45) is 0.0335. The molecule has 68 valence electrons. The first kappa shape index (κ1) is 12.9. The van der Waals surface area contributed by atoms with E-state index < -0.39 is 12.1 Å². The Balaban J connectivity index is 0. The van der Waals surface area contributed by atoms with Gasteiger partial charge in [0.25, 0.3) is 0 Å². The number of allylic oxidation sites excluding steroid dienone is 1. The number of carboxylic acids is 1. The lowest BCUT2D eigenvalue weighted by Gasteiger charge is -1.89. The fraction of sp³-hybridized carbons (Fsp3) is 0.143. The molecule has 3 N–H and O–H groups in total. The molecule has 0 radical (unpaired) electrons. The van der Waals surface area contributed by atoms with Crippen LogP contribution in [0.1, 0.15) is 6.42 Å². The summed E-state index contributed by atoms with van der Waals surface area (Å²) >= 11 is 0. The summed E-state index contributed by atoms with van der Waals surface area (Å²) in [7, 11) is 0. The van der Waals surface area contributed by atoms with E-state index in [0.717, 1.165) is 0 Å². The Hall–Kier alpha value is -1.78. The average Bonchev–Trinajstić information content (AvgIpc) is 1.86. The summed E-state index contributed by atoms with van der Waals surface area (Å²) in [4.78, 5) is 18.5. The van der Waals surface area contributed by atoms with Gasteiger partial charge in [0, 0.05) is 5.57 Å². The predicted molar refractivity (Wildman–Crippen MR) is 42.2 cm³/mol. The number of carboxylic acid groups (broad SMARTS) is 3. The van der Waals surface area contributed by atoms with Gasteiger partial charge in [-0.15, -0.1) is 6.58 Å². The third-order valence-corrected chi connectivity index (χ3v) is 0.693. The second kappa shape index (κ2) is 7.33. The number of aliphatic carboxylic acids is 1. The lowest BCUT2D eigenvalue weighted by molar-refractivity contribution is -0.132. The van der Waals surface area contributed by atoms with Crippen LogP contribution >= 0.6 is 0 Å². The lowest BCUT2D eigenvalue weighted by atomic mass is 10.2. The first-order valence-electron chi connectivity index (χ1n) is 2.85. The van der Waals surface area contributed by atoms with Crippen LogP contribution < -0.4 is 0 Å². The summed E-state index contributed by atoms with van der Waals surface area (Å²) in [6, 6.07) is 0. The highest BCUT2D eigenvalue weighted by atomic mass is 16.6. The van der Waals surface area contributed by atoms with Gasteiger partial charge >= 0.3 is 12.1 Å². The van der Waals surface area contributed by atoms with Gasteiger partial charge in [-0.1, -0.05) is 12.7 Å². The summed E-state index contributed by atoms with van der Waals surface area (Å²) in [6.45, 7) is 6.63. The average molecular weight is 174 g/mol. The quantitative estimate of drug-likeness (QED) is 0.444. The molecule has 0 aromatic rings. The van der Waals surface area contributed by atoms with Crippen molar-refractivity contribution in [2.24, 2.45) is 0 Å². The molecule has 0 rings (SSSR count). The normalized spacial score (nSPS) is 7.33. The van der Waals surface area contributed by atoms with Gasteiger partial charge < -0.3 is 15.3 Å². The van der Waals surface area contributed by atoms with Crippen molar-refractivity contribution in [1.29, 1.82) is 0 Å². The maximum absolute atomic E-state index is 9.94. The molecule has 0 saturated carbocycles. The highest BCUT2D eigenvalue weighted by molar-refractivity contribution is 5.85. The first-order chi connectivity index (χ1) is 5.41. The van der Waals surface area contributed by atoms with Crippen LogP contribution in [0, 0.1) is 0 Å². The highest BCUT2D eigenvalue weighted by Crippen LogP contribution is 1.95. The Bertz CT molecular complexity index is 190. The summed E-state index contributed by atoms with van der Waals surface area (Å²) in [5, 5.41) is 22.1. The molecule has 0 aliphatic carbocycles. The third-order valence-electron chi connectivity index (χ3n) is 0.693. The Morgan fingerprint density at radius 1 is 1.25 bits per heavy atom. The van der Waals surface area contributed by atoms with Crippen LogP contribution in [-0.4, -0.2) is 27.4 Å². The van der Waals surface area contributed by atoms with Gasteiger partial charge in [0.2, 0.25) is 0 Å². The lowest BCUT2D eigenvalue weighted by Crippen LogP contribution is -1.96. The minimum absolute atomic E-state index is 0.181. The fourth-order valence-corrected chi connectivity index (χ4v) is 0.262. The van der Waals surface area contributed by atoms with Gasteiger partial charge in [-0.3, -0.25) is 0 Å². The molecule has 0 bridgehead atoms. The molecule has 0 spiro atoms. The van der Waals surface area contributed by atoms with Crippen LogP contribution in [0.25, 0.3) is 0 Å². The van der Waals surface area contributed by atoms with Crippen LogP contribution in [0.5, 0.6) is 0 Å².